The average Bonchev–Trinajstić information content (AvgIpc) is 2.72. The van der Waals surface area contributed by atoms with E-state index in [1.54, 1.807) is 6.92 Å². The van der Waals surface area contributed by atoms with Crippen LogP contribution in [0.15, 0.2) is 48.6 Å². The lowest BCUT2D eigenvalue weighted by Crippen LogP contribution is -2.39. The molecular formula is C23H34O8. The summed E-state index contributed by atoms with van der Waals surface area (Å²) in [6.45, 7) is 21.6. The third kappa shape index (κ3) is 12.9. The van der Waals surface area contributed by atoms with Crippen LogP contribution in [0.5, 0.6) is 0 Å². The summed E-state index contributed by atoms with van der Waals surface area (Å²) in [4.78, 5) is 45.1. The number of hydrogen-bond acceptors (Lipinski definition) is 8. The molecule has 0 heterocycles. The number of esters is 4. The van der Waals surface area contributed by atoms with E-state index in [2.05, 4.69) is 31.1 Å². The van der Waals surface area contributed by atoms with Gasteiger partial charge in [0.2, 0.25) is 0 Å². The molecule has 0 N–H and O–H groups in total. The minimum Gasteiger partial charge on any atom is -0.466 e. The summed E-state index contributed by atoms with van der Waals surface area (Å²) in [5, 5.41) is 0. The summed E-state index contributed by atoms with van der Waals surface area (Å²) >= 11 is 0. The van der Waals surface area contributed by atoms with E-state index in [9.17, 15) is 19.2 Å². The van der Waals surface area contributed by atoms with Crippen molar-refractivity contribution < 1.29 is 38.1 Å². The van der Waals surface area contributed by atoms with Crippen LogP contribution in [0.25, 0.3) is 0 Å². The first-order valence-corrected chi connectivity index (χ1v) is 9.44. The standard InChI is InChI=1S/C18H26O6.C5H8O2/c1-8-18(9-22-15(19)12(2)3,10-23-16(20)13(4)5)11-24-17(21)14(6)7;1-4(2)5(6)7-3/h2,4,6,8-11H2,1,3,5,7H3;1H2,2-3H3. The Hall–Kier alpha value is -3.16. The molecule has 0 radical (unpaired) electrons. The molecule has 0 aliphatic heterocycles. The van der Waals surface area contributed by atoms with Crippen molar-refractivity contribution in [2.24, 2.45) is 5.41 Å². The lowest BCUT2D eigenvalue weighted by Gasteiger charge is -2.31. The van der Waals surface area contributed by atoms with Crippen molar-refractivity contribution >= 4 is 23.9 Å². The summed E-state index contributed by atoms with van der Waals surface area (Å²) in [5.41, 5.74) is 0.317. The van der Waals surface area contributed by atoms with Gasteiger partial charge in [-0.2, -0.15) is 0 Å². The molecule has 0 aromatic heterocycles. The summed E-state index contributed by atoms with van der Waals surface area (Å²) in [6.07, 6.45) is 0.448. The van der Waals surface area contributed by atoms with E-state index >= 15 is 0 Å². The van der Waals surface area contributed by atoms with Crippen molar-refractivity contribution in [2.75, 3.05) is 26.9 Å². The smallest absolute Gasteiger partial charge is 0.333 e. The van der Waals surface area contributed by atoms with Crippen molar-refractivity contribution in [3.05, 3.63) is 48.6 Å². The van der Waals surface area contributed by atoms with Crippen LogP contribution in [-0.4, -0.2) is 50.8 Å². The minimum absolute atomic E-state index is 0.0812. The van der Waals surface area contributed by atoms with E-state index in [0.717, 1.165) is 0 Å². The van der Waals surface area contributed by atoms with Crippen LogP contribution in [-0.2, 0) is 38.1 Å². The van der Waals surface area contributed by atoms with Crippen LogP contribution in [0.1, 0.15) is 41.0 Å². The molecule has 174 valence electrons. The van der Waals surface area contributed by atoms with Gasteiger partial charge < -0.3 is 18.9 Å². The van der Waals surface area contributed by atoms with Crippen LogP contribution >= 0.6 is 0 Å². The van der Waals surface area contributed by atoms with Gasteiger partial charge >= 0.3 is 23.9 Å². The molecule has 31 heavy (non-hydrogen) atoms. The molecule has 8 heteroatoms. The van der Waals surface area contributed by atoms with Gasteiger partial charge in [-0.3, -0.25) is 0 Å². The Morgan fingerprint density at radius 3 is 1.00 bits per heavy atom. The first kappa shape index (κ1) is 30.0. The maximum absolute atomic E-state index is 11.6. The largest absolute Gasteiger partial charge is 0.466 e. The van der Waals surface area contributed by atoms with E-state index in [0.29, 0.717) is 12.0 Å². The zero-order valence-electron chi connectivity index (χ0n) is 19.4. The average molecular weight is 439 g/mol. The predicted octanol–water partition coefficient (Wildman–Crippen LogP) is 3.48. The second-order valence-corrected chi connectivity index (χ2v) is 7.19. The molecule has 0 aliphatic carbocycles. The topological polar surface area (TPSA) is 105 Å². The zero-order chi connectivity index (χ0) is 24.8. The first-order valence-electron chi connectivity index (χ1n) is 9.44. The highest BCUT2D eigenvalue weighted by molar-refractivity contribution is 5.88. The number of rotatable bonds is 11. The number of carbonyl (C=O) groups excluding carboxylic acids is 4. The van der Waals surface area contributed by atoms with Crippen molar-refractivity contribution in [3.63, 3.8) is 0 Å². The highest BCUT2D eigenvalue weighted by Gasteiger charge is 2.34. The van der Waals surface area contributed by atoms with E-state index in [1.165, 1.54) is 27.9 Å². The lowest BCUT2D eigenvalue weighted by atomic mass is 9.88. The summed E-state index contributed by atoms with van der Waals surface area (Å²) in [5.74, 6) is -2.04. The van der Waals surface area contributed by atoms with Gasteiger partial charge in [-0.1, -0.05) is 33.2 Å². The van der Waals surface area contributed by atoms with E-state index in [1.807, 2.05) is 6.92 Å². The number of ether oxygens (including phenoxy) is 4. The van der Waals surface area contributed by atoms with Gasteiger partial charge in [-0.05, 0) is 34.1 Å². The molecule has 0 spiro atoms. The number of hydrogen-bond donors (Lipinski definition) is 0. The third-order valence-electron chi connectivity index (χ3n) is 3.86. The Labute approximate surface area is 184 Å². The van der Waals surface area contributed by atoms with Gasteiger partial charge in [0, 0.05) is 22.3 Å². The van der Waals surface area contributed by atoms with Gasteiger partial charge in [0.1, 0.15) is 19.8 Å². The molecule has 0 aliphatic rings. The van der Waals surface area contributed by atoms with Gasteiger partial charge in [0.05, 0.1) is 12.5 Å². The van der Waals surface area contributed by atoms with Crippen LogP contribution < -0.4 is 0 Å². The first-order chi connectivity index (χ1) is 14.2. The Kier molecular flexibility index (Phi) is 14.3. The van der Waals surface area contributed by atoms with E-state index < -0.39 is 23.3 Å². The molecular weight excluding hydrogens is 404 g/mol. The molecule has 0 bridgehead atoms. The second-order valence-electron chi connectivity index (χ2n) is 7.19. The molecule has 0 amide bonds. The monoisotopic (exact) mass is 438 g/mol. The summed E-state index contributed by atoms with van der Waals surface area (Å²) in [6, 6.07) is 0. The molecule has 0 fully saturated rings. The van der Waals surface area contributed by atoms with Crippen LogP contribution in [0.4, 0.5) is 0 Å². The van der Waals surface area contributed by atoms with Crippen molar-refractivity contribution in [3.8, 4) is 0 Å². The normalized spacial score (nSPS) is 9.87. The molecule has 0 aromatic rings. The van der Waals surface area contributed by atoms with Crippen molar-refractivity contribution in [1.82, 2.24) is 0 Å². The van der Waals surface area contributed by atoms with Crippen molar-refractivity contribution in [1.29, 1.82) is 0 Å². The maximum Gasteiger partial charge on any atom is 0.333 e. The molecule has 8 nitrogen and oxygen atoms in total. The summed E-state index contributed by atoms with van der Waals surface area (Å²) < 4.78 is 19.8. The minimum atomic E-state index is -0.860. The highest BCUT2D eigenvalue weighted by atomic mass is 16.6. The Morgan fingerprint density at radius 2 is 0.871 bits per heavy atom. The lowest BCUT2D eigenvalue weighted by molar-refractivity contribution is -0.157. The molecule has 0 unspecified atom stereocenters. The third-order valence-corrected chi connectivity index (χ3v) is 3.86. The molecule has 0 rings (SSSR count). The Balaban J connectivity index is 0. The quantitative estimate of drug-likeness (QED) is 0.274. The van der Waals surface area contributed by atoms with Crippen molar-refractivity contribution in [2.45, 2.75) is 41.0 Å². The van der Waals surface area contributed by atoms with Gasteiger partial charge in [-0.25, -0.2) is 19.2 Å². The predicted molar refractivity (Wildman–Crippen MR) is 117 cm³/mol. The number of methoxy groups -OCH3 is 1. The van der Waals surface area contributed by atoms with Crippen LogP contribution in [0, 0.1) is 5.41 Å². The summed E-state index contributed by atoms with van der Waals surface area (Å²) in [7, 11) is 1.33. The maximum atomic E-state index is 11.6. The fourth-order valence-corrected chi connectivity index (χ4v) is 1.63. The number of carbonyl (C=O) groups is 4. The Morgan fingerprint density at radius 1 is 0.613 bits per heavy atom. The molecule has 0 saturated heterocycles. The second kappa shape index (κ2) is 14.8. The van der Waals surface area contributed by atoms with Gasteiger partial charge in [0.25, 0.3) is 0 Å². The van der Waals surface area contributed by atoms with E-state index in [-0.39, 0.29) is 42.5 Å². The van der Waals surface area contributed by atoms with Gasteiger partial charge in [0.15, 0.2) is 0 Å². The molecule has 0 aromatic carbocycles. The molecule has 0 atom stereocenters. The fraction of sp³-hybridized carbons (Fsp3) is 0.478. The van der Waals surface area contributed by atoms with E-state index in [4.69, 9.17) is 14.2 Å². The van der Waals surface area contributed by atoms with Gasteiger partial charge in [-0.15, -0.1) is 0 Å². The molecule has 0 saturated carbocycles. The zero-order valence-corrected chi connectivity index (χ0v) is 19.4. The Bertz CT molecular complexity index is 656. The van der Waals surface area contributed by atoms with Crippen LogP contribution in [0.3, 0.4) is 0 Å². The SMILES string of the molecule is C=C(C)C(=O)OC.C=C(C)C(=O)OCC(CC)(COC(=O)C(=C)C)COC(=O)C(=C)C. The highest BCUT2D eigenvalue weighted by Crippen LogP contribution is 2.25. The van der Waals surface area contributed by atoms with Crippen LogP contribution in [0.2, 0.25) is 0 Å². The fourth-order valence-electron chi connectivity index (χ4n) is 1.63.